The van der Waals surface area contributed by atoms with Crippen LogP contribution in [0.4, 0.5) is 0 Å². The highest BCUT2D eigenvalue weighted by atomic mass is 79.9. The summed E-state index contributed by atoms with van der Waals surface area (Å²) in [5, 5.41) is 14.0. The number of allylic oxidation sites excluding steroid dienone is 1. The number of nitrogens with one attached hydrogen (secondary N) is 1. The van der Waals surface area contributed by atoms with Crippen LogP contribution in [0.2, 0.25) is 0 Å². The van der Waals surface area contributed by atoms with E-state index in [9.17, 15) is 19.5 Å². The van der Waals surface area contributed by atoms with Gasteiger partial charge in [0.1, 0.15) is 18.2 Å². The average Bonchev–Trinajstić information content (AvgIpc) is 3.78. The van der Waals surface area contributed by atoms with Crippen LogP contribution in [0.5, 0.6) is 0 Å². The molecule has 3 saturated heterocycles. The van der Waals surface area contributed by atoms with E-state index in [2.05, 4.69) is 34.4 Å². The fraction of sp³-hybridized carbons (Fsp3) is 0.381. The molecule has 3 amide bonds. The molecule has 3 fully saturated rings. The van der Waals surface area contributed by atoms with Crippen LogP contribution in [0.15, 0.2) is 116 Å². The molecule has 2 bridgehead atoms. The van der Waals surface area contributed by atoms with Gasteiger partial charge in [-0.2, -0.15) is 0 Å². The van der Waals surface area contributed by atoms with Gasteiger partial charge in [0.05, 0.1) is 36.6 Å². The minimum absolute atomic E-state index is 0.113. The second-order valence-electron chi connectivity index (χ2n) is 13.9. The SMILES string of the molecule is C=CCCC(=O)OC[C@H](NC(=O)[C@H]1[C@@H]2O[C@@]3(CC2Br)[C@@H]1C(=O)N([C@@H](CO)Cc1ccccc1)[C@@H]3C(=O)N(CC=C)Cc1ccccc1)c1ccccc1. The van der Waals surface area contributed by atoms with Gasteiger partial charge in [0.25, 0.3) is 0 Å². The summed E-state index contributed by atoms with van der Waals surface area (Å²) < 4.78 is 12.4. The number of carbonyl (C=O) groups is 4. The highest BCUT2D eigenvalue weighted by Gasteiger charge is 2.77. The standard InChI is InChI=1S/C42H46BrN3O7/c1-3-5-21-34(48)52-27-33(30-19-13-8-14-20-30)44-39(49)35-36-40(50)46(31(26-47)23-28-15-9-6-10-16-28)38(42(36)24-32(43)37(35)53-42)41(51)45(22-4-2)25-29-17-11-7-12-18-29/h3-4,6-20,31-33,35-38,47H,1-2,5,21-27H2,(H,44,49)/t31-,32?,33+,35-,36+,37-,38-,42+/m1/s1. The number of aliphatic hydroxyl groups excluding tert-OH is 1. The zero-order chi connectivity index (χ0) is 37.5. The zero-order valence-corrected chi connectivity index (χ0v) is 31.2. The number of likely N-dealkylation sites (tertiary alicyclic amines) is 1. The fourth-order valence-corrected chi connectivity index (χ4v) is 9.13. The van der Waals surface area contributed by atoms with Crippen LogP contribution in [-0.4, -0.2) is 87.0 Å². The van der Waals surface area contributed by atoms with Crippen LogP contribution >= 0.6 is 15.9 Å². The quantitative estimate of drug-likeness (QED) is 0.113. The lowest BCUT2D eigenvalue weighted by atomic mass is 9.70. The Bertz CT molecular complexity index is 1780. The van der Waals surface area contributed by atoms with E-state index in [-0.39, 0.29) is 36.9 Å². The molecule has 11 heteroatoms. The lowest BCUT2D eigenvalue weighted by molar-refractivity contribution is -0.151. The summed E-state index contributed by atoms with van der Waals surface area (Å²) in [5.74, 6) is -3.59. The van der Waals surface area contributed by atoms with E-state index >= 15 is 4.79 Å². The van der Waals surface area contributed by atoms with Crippen molar-refractivity contribution in [3.05, 3.63) is 133 Å². The van der Waals surface area contributed by atoms with Crippen LogP contribution in [-0.2, 0) is 41.6 Å². The van der Waals surface area contributed by atoms with Crippen molar-refractivity contribution in [2.45, 2.75) is 66.9 Å². The minimum Gasteiger partial charge on any atom is -0.463 e. The maximum atomic E-state index is 15.0. The molecule has 0 aliphatic carbocycles. The van der Waals surface area contributed by atoms with E-state index in [1.807, 2.05) is 91.0 Å². The summed E-state index contributed by atoms with van der Waals surface area (Å²) in [4.78, 5) is 59.8. The molecule has 0 saturated carbocycles. The van der Waals surface area contributed by atoms with Gasteiger partial charge in [0.2, 0.25) is 17.7 Å². The zero-order valence-electron chi connectivity index (χ0n) is 29.6. The first-order valence-corrected chi connectivity index (χ1v) is 19.0. The van der Waals surface area contributed by atoms with Crippen molar-refractivity contribution in [2.24, 2.45) is 11.8 Å². The van der Waals surface area contributed by atoms with E-state index in [1.165, 1.54) is 4.90 Å². The van der Waals surface area contributed by atoms with Gasteiger partial charge in [-0.15, -0.1) is 13.2 Å². The molecule has 8 atom stereocenters. The maximum absolute atomic E-state index is 15.0. The Morgan fingerprint density at radius 2 is 1.64 bits per heavy atom. The highest BCUT2D eigenvalue weighted by Crippen LogP contribution is 2.60. The molecule has 1 unspecified atom stereocenters. The van der Waals surface area contributed by atoms with Gasteiger partial charge in [-0.3, -0.25) is 19.2 Å². The number of ether oxygens (including phenoxy) is 2. The molecule has 3 aromatic rings. The molecule has 3 heterocycles. The van der Waals surface area contributed by atoms with Crippen LogP contribution in [0.3, 0.4) is 0 Å². The number of carbonyl (C=O) groups excluding carboxylic acids is 4. The van der Waals surface area contributed by atoms with Gasteiger partial charge in [0, 0.05) is 24.3 Å². The molecule has 2 N–H and O–H groups in total. The van der Waals surface area contributed by atoms with Crippen LogP contribution < -0.4 is 5.32 Å². The van der Waals surface area contributed by atoms with Crippen molar-refractivity contribution in [1.82, 2.24) is 15.1 Å². The largest absolute Gasteiger partial charge is 0.463 e. The molecule has 10 nitrogen and oxygen atoms in total. The first-order chi connectivity index (χ1) is 25.7. The fourth-order valence-electron chi connectivity index (χ4n) is 8.18. The molecule has 3 aliphatic heterocycles. The minimum atomic E-state index is -1.35. The Labute approximate surface area is 319 Å². The molecule has 1 spiro atoms. The number of rotatable bonds is 17. The van der Waals surface area contributed by atoms with Crippen molar-refractivity contribution in [2.75, 3.05) is 19.8 Å². The average molecular weight is 785 g/mol. The van der Waals surface area contributed by atoms with Gasteiger partial charge in [0.15, 0.2) is 0 Å². The van der Waals surface area contributed by atoms with Gasteiger partial charge in [-0.25, -0.2) is 0 Å². The summed E-state index contributed by atoms with van der Waals surface area (Å²) in [6, 6.07) is 25.7. The molecule has 0 aromatic heterocycles. The Hall–Kier alpha value is -4.58. The number of halogens is 1. The van der Waals surface area contributed by atoms with Gasteiger partial charge >= 0.3 is 5.97 Å². The summed E-state index contributed by atoms with van der Waals surface area (Å²) in [6.45, 7) is 7.52. The van der Waals surface area contributed by atoms with Crippen molar-refractivity contribution < 1.29 is 33.8 Å². The van der Waals surface area contributed by atoms with Crippen LogP contribution in [0.25, 0.3) is 0 Å². The Kier molecular flexibility index (Phi) is 12.3. The predicted molar refractivity (Wildman–Crippen MR) is 203 cm³/mol. The monoisotopic (exact) mass is 783 g/mol. The van der Waals surface area contributed by atoms with Gasteiger partial charge in [-0.1, -0.05) is 119 Å². The van der Waals surface area contributed by atoms with Crippen molar-refractivity contribution >= 4 is 39.6 Å². The number of esters is 1. The second kappa shape index (κ2) is 17.0. The molecule has 278 valence electrons. The van der Waals surface area contributed by atoms with E-state index < -0.39 is 66.1 Å². The number of benzene rings is 3. The topological polar surface area (TPSA) is 125 Å². The predicted octanol–water partition coefficient (Wildman–Crippen LogP) is 4.92. The summed E-state index contributed by atoms with van der Waals surface area (Å²) in [5.41, 5.74) is 1.16. The highest BCUT2D eigenvalue weighted by molar-refractivity contribution is 9.09. The first kappa shape index (κ1) is 38.2. The molecular formula is C42H46BrN3O7. The second-order valence-corrected chi connectivity index (χ2v) is 15.1. The Balaban J connectivity index is 1.36. The molecule has 3 aromatic carbocycles. The molecule has 3 aliphatic rings. The Morgan fingerprint density at radius 3 is 2.26 bits per heavy atom. The maximum Gasteiger partial charge on any atom is 0.306 e. The summed E-state index contributed by atoms with van der Waals surface area (Å²) in [6.07, 6.45) is 3.80. The van der Waals surface area contributed by atoms with Gasteiger partial charge < -0.3 is 29.7 Å². The lowest BCUT2D eigenvalue weighted by Crippen LogP contribution is -2.59. The number of fused-ring (bicyclic) bond motifs is 1. The smallest absolute Gasteiger partial charge is 0.306 e. The number of hydrogen-bond acceptors (Lipinski definition) is 7. The van der Waals surface area contributed by atoms with E-state index in [4.69, 9.17) is 9.47 Å². The van der Waals surface area contributed by atoms with E-state index in [0.717, 1.165) is 16.7 Å². The number of alkyl halides is 1. The molecular weight excluding hydrogens is 738 g/mol. The number of nitrogens with zero attached hydrogens (tertiary/aromatic N) is 2. The van der Waals surface area contributed by atoms with E-state index in [1.54, 1.807) is 17.1 Å². The van der Waals surface area contributed by atoms with Crippen LogP contribution in [0, 0.1) is 11.8 Å². The van der Waals surface area contributed by atoms with Crippen molar-refractivity contribution in [3.63, 3.8) is 0 Å². The van der Waals surface area contributed by atoms with Gasteiger partial charge in [-0.05, 0) is 36.0 Å². The third kappa shape index (κ3) is 7.88. The third-order valence-corrected chi connectivity index (χ3v) is 11.4. The number of hydrogen-bond donors (Lipinski definition) is 2. The normalized spacial score (nSPS) is 25.3. The lowest BCUT2D eigenvalue weighted by Gasteiger charge is -2.39. The Morgan fingerprint density at radius 1 is 1.00 bits per heavy atom. The number of aliphatic hydroxyl groups is 1. The van der Waals surface area contributed by atoms with Crippen molar-refractivity contribution in [3.8, 4) is 0 Å². The molecule has 0 radical (unpaired) electrons. The molecule has 53 heavy (non-hydrogen) atoms. The van der Waals surface area contributed by atoms with E-state index in [0.29, 0.717) is 19.3 Å². The number of amides is 3. The summed E-state index contributed by atoms with van der Waals surface area (Å²) >= 11 is 3.76. The third-order valence-electron chi connectivity index (χ3n) is 10.5. The van der Waals surface area contributed by atoms with Crippen LogP contribution in [0.1, 0.15) is 42.0 Å². The van der Waals surface area contributed by atoms with Crippen molar-refractivity contribution in [1.29, 1.82) is 0 Å². The molecule has 6 rings (SSSR count). The summed E-state index contributed by atoms with van der Waals surface area (Å²) in [7, 11) is 0. The first-order valence-electron chi connectivity index (χ1n) is 18.1.